The quantitative estimate of drug-likeness (QED) is 0.395. The van der Waals surface area contributed by atoms with Gasteiger partial charge in [-0.25, -0.2) is 13.2 Å². The van der Waals surface area contributed by atoms with E-state index >= 15 is 0 Å². The molecular weight excluding hydrogens is 668 g/mol. The lowest BCUT2D eigenvalue weighted by atomic mass is 9.85. The fraction of sp³-hybridized carbons (Fsp3) is 0.667. The summed E-state index contributed by atoms with van der Waals surface area (Å²) in [7, 11) is -3.86. The first-order chi connectivity index (χ1) is 23.7. The molecule has 0 radical (unpaired) electrons. The summed E-state index contributed by atoms with van der Waals surface area (Å²) in [4.78, 5) is 57.8. The van der Waals surface area contributed by atoms with Crippen LogP contribution in [0.5, 0.6) is 5.75 Å². The van der Waals surface area contributed by atoms with Crippen LogP contribution in [0.1, 0.15) is 85.1 Å². The van der Waals surface area contributed by atoms with E-state index in [1.165, 1.54) is 9.70 Å². The Morgan fingerprint density at radius 3 is 2.52 bits per heavy atom. The van der Waals surface area contributed by atoms with Gasteiger partial charge in [0.05, 0.1) is 24.5 Å². The molecule has 6 rings (SSSR count). The molecule has 1 aromatic heterocycles. The molecule has 1 aromatic carbocycles. The number of ether oxygens (including phenoxy) is 2. The van der Waals surface area contributed by atoms with Crippen LogP contribution < -0.4 is 20.1 Å². The predicted octanol–water partition coefficient (Wildman–Crippen LogP) is 2.08. The molecule has 2 aliphatic heterocycles. The zero-order chi connectivity index (χ0) is 35.8. The third-order valence-electron chi connectivity index (χ3n) is 9.93. The number of tetrazole rings is 1. The fourth-order valence-electron chi connectivity index (χ4n) is 6.70. The second-order valence-electron chi connectivity index (χ2n) is 14.8. The summed E-state index contributed by atoms with van der Waals surface area (Å²) < 4.78 is 38.9. The lowest BCUT2D eigenvalue weighted by Gasteiger charge is -2.35. The van der Waals surface area contributed by atoms with Crippen LogP contribution >= 0.6 is 0 Å². The van der Waals surface area contributed by atoms with Gasteiger partial charge in [-0.3, -0.25) is 19.1 Å². The van der Waals surface area contributed by atoms with E-state index in [4.69, 9.17) is 9.47 Å². The summed E-state index contributed by atoms with van der Waals surface area (Å²) in [6.45, 7) is 7.88. The van der Waals surface area contributed by atoms with E-state index in [0.717, 1.165) is 12.8 Å². The van der Waals surface area contributed by atoms with E-state index in [0.29, 0.717) is 49.4 Å². The minimum Gasteiger partial charge on any atom is -0.494 e. The highest BCUT2D eigenvalue weighted by Crippen LogP contribution is 2.47. The number of carbonyl (C=O) groups is 4. The van der Waals surface area contributed by atoms with Gasteiger partial charge in [0, 0.05) is 18.5 Å². The molecule has 6 bridgehead atoms. The molecule has 2 aromatic rings. The third-order valence-corrected chi connectivity index (χ3v) is 11.7. The van der Waals surface area contributed by atoms with E-state index in [2.05, 4.69) is 30.8 Å². The Kier molecular flexibility index (Phi) is 9.81. The number of rotatable bonds is 6. The molecule has 50 heavy (non-hydrogen) atoms. The van der Waals surface area contributed by atoms with Crippen LogP contribution in [0.4, 0.5) is 4.79 Å². The van der Waals surface area contributed by atoms with Gasteiger partial charge in [-0.1, -0.05) is 46.2 Å². The van der Waals surface area contributed by atoms with Crippen molar-refractivity contribution < 1.29 is 37.1 Å². The average Bonchev–Trinajstić information content (AvgIpc) is 3.94. The lowest BCUT2D eigenvalue weighted by Crippen LogP contribution is -2.60. The van der Waals surface area contributed by atoms with Crippen molar-refractivity contribution in [3.05, 3.63) is 24.3 Å². The summed E-state index contributed by atoms with van der Waals surface area (Å²) in [6.07, 6.45) is 3.17. The standard InChI is InChI=1S/C33H46N8O8S/c1-5-21-18-33(21,30(44)38-50(46,47)24-12-13-24)35-28(42)25-17-22-19-40(25)29(43)26(32(2,3)4)34-31(45)49-15-8-6-7-14-48-23-11-9-10-20(16-23)27-36-39-41(22)37-27/h9-11,16,21-22,24-26H,5-8,12-15,17-19H2,1-4H3,(H,34,45)(H,35,42)(H,38,44)/t21-,22+,25-,26-,33-/m0/s1. The Morgan fingerprint density at radius 1 is 1.10 bits per heavy atom. The minimum absolute atomic E-state index is 0.00560. The topological polar surface area (TPSA) is 204 Å². The minimum atomic E-state index is -3.86. The van der Waals surface area contributed by atoms with Crippen molar-refractivity contribution in [3.8, 4) is 17.1 Å². The van der Waals surface area contributed by atoms with Crippen molar-refractivity contribution in [1.82, 2.24) is 40.5 Å². The zero-order valence-corrected chi connectivity index (χ0v) is 29.7. The molecule has 0 spiro atoms. The third kappa shape index (κ3) is 7.56. The molecule has 16 nitrogen and oxygen atoms in total. The van der Waals surface area contributed by atoms with Crippen LogP contribution in [0.15, 0.2) is 24.3 Å². The Bertz CT molecular complexity index is 1740. The number of fused-ring (bicyclic) bond motifs is 8. The molecule has 2 aliphatic carbocycles. The first kappa shape index (κ1) is 35.5. The monoisotopic (exact) mass is 714 g/mol. The van der Waals surface area contributed by atoms with Gasteiger partial charge in [0.15, 0.2) is 0 Å². The molecule has 4 amide bonds. The smallest absolute Gasteiger partial charge is 0.407 e. The van der Waals surface area contributed by atoms with E-state index in [-0.39, 0.29) is 31.9 Å². The molecule has 1 saturated heterocycles. The van der Waals surface area contributed by atoms with Crippen molar-refractivity contribution in [3.63, 3.8) is 0 Å². The molecule has 272 valence electrons. The van der Waals surface area contributed by atoms with Crippen molar-refractivity contribution in [2.45, 2.75) is 108 Å². The van der Waals surface area contributed by atoms with Crippen molar-refractivity contribution in [2.24, 2.45) is 11.3 Å². The molecule has 2 saturated carbocycles. The number of alkyl carbamates (subject to hydrolysis) is 1. The van der Waals surface area contributed by atoms with Gasteiger partial charge in [0.25, 0.3) is 5.91 Å². The van der Waals surface area contributed by atoms with Crippen LogP contribution in [0.2, 0.25) is 0 Å². The highest BCUT2D eigenvalue weighted by molar-refractivity contribution is 7.91. The summed E-state index contributed by atoms with van der Waals surface area (Å²) in [5.74, 6) is -1.21. The molecule has 17 heteroatoms. The largest absolute Gasteiger partial charge is 0.494 e. The Morgan fingerprint density at radius 2 is 1.84 bits per heavy atom. The number of hydrogen-bond donors (Lipinski definition) is 3. The number of amides is 4. The lowest BCUT2D eigenvalue weighted by molar-refractivity contribution is -0.142. The van der Waals surface area contributed by atoms with Crippen LogP contribution in [0, 0.1) is 11.3 Å². The predicted molar refractivity (Wildman–Crippen MR) is 179 cm³/mol. The van der Waals surface area contributed by atoms with Crippen LogP contribution in [0.3, 0.4) is 0 Å². The van der Waals surface area contributed by atoms with Crippen molar-refractivity contribution in [2.75, 3.05) is 19.8 Å². The van der Waals surface area contributed by atoms with E-state index in [1.54, 1.807) is 20.8 Å². The number of sulfonamides is 1. The first-order valence-electron chi connectivity index (χ1n) is 17.4. The molecule has 5 atom stereocenters. The van der Waals surface area contributed by atoms with Gasteiger partial charge in [0.1, 0.15) is 23.4 Å². The van der Waals surface area contributed by atoms with Crippen molar-refractivity contribution >= 4 is 33.8 Å². The second-order valence-corrected chi connectivity index (χ2v) is 16.8. The number of nitrogens with zero attached hydrogens (tertiary/aromatic N) is 5. The first-order valence-corrected chi connectivity index (χ1v) is 18.9. The summed E-state index contributed by atoms with van der Waals surface area (Å²) in [5, 5.41) is 18.1. The Hall–Kier alpha value is -4.28. The average molecular weight is 715 g/mol. The van der Waals surface area contributed by atoms with Gasteiger partial charge >= 0.3 is 6.09 Å². The molecule has 3 heterocycles. The number of hydrogen-bond acceptors (Lipinski definition) is 11. The summed E-state index contributed by atoms with van der Waals surface area (Å²) >= 11 is 0. The van der Waals surface area contributed by atoms with E-state index in [9.17, 15) is 27.6 Å². The number of aromatic nitrogens is 4. The van der Waals surface area contributed by atoms with Gasteiger partial charge in [-0.2, -0.15) is 4.80 Å². The number of cyclic esters (lactones) is 1. The number of benzene rings is 1. The fourth-order valence-corrected chi connectivity index (χ4v) is 8.06. The molecule has 3 N–H and O–H groups in total. The van der Waals surface area contributed by atoms with Crippen LogP contribution in [0.25, 0.3) is 11.4 Å². The highest BCUT2D eigenvalue weighted by Gasteiger charge is 2.62. The molecule has 4 aliphatic rings. The summed E-state index contributed by atoms with van der Waals surface area (Å²) in [5.41, 5.74) is -1.53. The molecule has 3 fully saturated rings. The van der Waals surface area contributed by atoms with Crippen molar-refractivity contribution in [1.29, 1.82) is 0 Å². The summed E-state index contributed by atoms with van der Waals surface area (Å²) in [6, 6.07) is 4.55. The van der Waals surface area contributed by atoms with E-state index < -0.39 is 68.2 Å². The molecular formula is C33H46N8O8S. The van der Waals surface area contributed by atoms with Gasteiger partial charge in [-0.15, -0.1) is 10.2 Å². The normalized spacial score (nSPS) is 27.7. The Balaban J connectivity index is 1.31. The number of nitrogens with one attached hydrogen (secondary N) is 3. The maximum Gasteiger partial charge on any atom is 0.407 e. The van der Waals surface area contributed by atoms with Crippen LogP contribution in [-0.4, -0.2) is 100.0 Å². The SMILES string of the molecule is CC[C@H]1C[C@@]1(NC(=O)[C@@H]1C[C@@H]2CN1C(=O)[C@@H](C(C)(C)C)NC(=O)OCCCCCOc1cccc(c1)-c1nnn2n1)C(=O)NS(=O)(=O)C1CC1. The highest BCUT2D eigenvalue weighted by atomic mass is 32.2. The van der Waals surface area contributed by atoms with Gasteiger partial charge < -0.3 is 25.0 Å². The maximum atomic E-state index is 14.4. The molecule has 0 unspecified atom stereocenters. The van der Waals surface area contributed by atoms with E-state index in [1.807, 2.05) is 31.2 Å². The number of carbonyl (C=O) groups excluding carboxylic acids is 4. The van der Waals surface area contributed by atoms with Gasteiger partial charge in [0.2, 0.25) is 27.7 Å². The van der Waals surface area contributed by atoms with Crippen LogP contribution in [-0.2, 0) is 29.1 Å². The van der Waals surface area contributed by atoms with Gasteiger partial charge in [-0.05, 0) is 67.2 Å². The second kappa shape index (κ2) is 13.8. The maximum absolute atomic E-state index is 14.4. The Labute approximate surface area is 291 Å². The zero-order valence-electron chi connectivity index (χ0n) is 28.9.